The van der Waals surface area contributed by atoms with Crippen molar-refractivity contribution in [1.29, 1.82) is 0 Å². The maximum atomic E-state index is 11.9. The third kappa shape index (κ3) is 6.34. The number of hydrogen-bond donors (Lipinski definition) is 2. The van der Waals surface area contributed by atoms with Crippen LogP contribution in [0.2, 0.25) is 0 Å². The van der Waals surface area contributed by atoms with Gasteiger partial charge >= 0.3 is 5.97 Å². The van der Waals surface area contributed by atoms with E-state index in [0.717, 1.165) is 19.4 Å². The summed E-state index contributed by atoms with van der Waals surface area (Å²) in [6.45, 7) is 8.19. The molecule has 3 N–H and O–H groups in total. The van der Waals surface area contributed by atoms with Crippen LogP contribution in [0.15, 0.2) is 0 Å². The number of amides is 1. The van der Waals surface area contributed by atoms with E-state index in [-0.39, 0.29) is 24.3 Å². The number of ether oxygens (including phenoxy) is 1. The molecule has 1 amide bonds. The zero-order chi connectivity index (χ0) is 15.2. The fraction of sp³-hybridized carbons (Fsp3) is 0.857. The van der Waals surface area contributed by atoms with Gasteiger partial charge in [0.2, 0.25) is 5.91 Å². The molecule has 1 atom stereocenters. The summed E-state index contributed by atoms with van der Waals surface area (Å²) >= 11 is 0. The largest absolute Gasteiger partial charge is 0.459 e. The molecule has 1 unspecified atom stereocenters. The molecule has 20 heavy (non-hydrogen) atoms. The van der Waals surface area contributed by atoms with Crippen LogP contribution >= 0.6 is 0 Å². The molecule has 1 aliphatic heterocycles. The van der Waals surface area contributed by atoms with Crippen molar-refractivity contribution in [3.63, 3.8) is 0 Å². The Bertz CT molecular complexity index is 339. The van der Waals surface area contributed by atoms with E-state index in [2.05, 4.69) is 5.32 Å². The Morgan fingerprint density at radius 2 is 2.10 bits per heavy atom. The highest BCUT2D eigenvalue weighted by molar-refractivity contribution is 5.79. The Balaban J connectivity index is 2.40. The number of hydrogen-bond acceptors (Lipinski definition) is 5. The maximum absolute atomic E-state index is 11.9. The summed E-state index contributed by atoms with van der Waals surface area (Å²) in [7, 11) is 0. The maximum Gasteiger partial charge on any atom is 0.320 e. The van der Waals surface area contributed by atoms with Gasteiger partial charge in [-0.1, -0.05) is 0 Å². The minimum atomic E-state index is -0.467. The third-order valence-electron chi connectivity index (χ3n) is 3.09. The minimum absolute atomic E-state index is 0.0318. The standard InChI is InChI=1S/C14H27N3O3/c1-14(2,3)20-12(18)10-17-8-4-5-11(9-17)13(19)16-7-6-15/h11H,4-10,15H2,1-3H3,(H,16,19). The molecule has 116 valence electrons. The number of rotatable bonds is 5. The molecule has 0 aliphatic carbocycles. The molecule has 0 saturated carbocycles. The molecule has 0 radical (unpaired) electrons. The topological polar surface area (TPSA) is 84.7 Å². The van der Waals surface area contributed by atoms with Crippen LogP contribution in [0.25, 0.3) is 0 Å². The number of nitrogens with zero attached hydrogens (tertiary/aromatic N) is 1. The van der Waals surface area contributed by atoms with Gasteiger partial charge in [-0.05, 0) is 40.2 Å². The summed E-state index contributed by atoms with van der Waals surface area (Å²) in [5.41, 5.74) is 4.90. The normalized spacial score (nSPS) is 20.5. The van der Waals surface area contributed by atoms with Crippen LogP contribution in [0.4, 0.5) is 0 Å². The monoisotopic (exact) mass is 285 g/mol. The molecule has 0 bridgehead atoms. The average molecular weight is 285 g/mol. The van der Waals surface area contributed by atoms with E-state index in [0.29, 0.717) is 19.6 Å². The Hall–Kier alpha value is -1.14. The number of carbonyl (C=O) groups is 2. The van der Waals surface area contributed by atoms with E-state index in [4.69, 9.17) is 10.5 Å². The Morgan fingerprint density at radius 3 is 2.70 bits per heavy atom. The van der Waals surface area contributed by atoms with Gasteiger partial charge < -0.3 is 15.8 Å². The molecule has 0 spiro atoms. The Morgan fingerprint density at radius 1 is 1.40 bits per heavy atom. The van der Waals surface area contributed by atoms with E-state index in [1.165, 1.54) is 0 Å². The minimum Gasteiger partial charge on any atom is -0.459 e. The van der Waals surface area contributed by atoms with Crippen molar-refractivity contribution < 1.29 is 14.3 Å². The second-order valence-electron chi connectivity index (χ2n) is 6.24. The average Bonchev–Trinajstić information content (AvgIpc) is 2.33. The van der Waals surface area contributed by atoms with Gasteiger partial charge in [0.25, 0.3) is 0 Å². The summed E-state index contributed by atoms with van der Waals surface area (Å²) in [6.07, 6.45) is 1.78. The van der Waals surface area contributed by atoms with Gasteiger partial charge in [-0.2, -0.15) is 0 Å². The van der Waals surface area contributed by atoms with Gasteiger partial charge in [0, 0.05) is 19.6 Å². The molecule has 1 saturated heterocycles. The highest BCUT2D eigenvalue weighted by Gasteiger charge is 2.27. The highest BCUT2D eigenvalue weighted by Crippen LogP contribution is 2.17. The summed E-state index contributed by atoms with van der Waals surface area (Å²) in [4.78, 5) is 25.7. The number of esters is 1. The third-order valence-corrected chi connectivity index (χ3v) is 3.09. The molecule has 1 rings (SSSR count). The van der Waals surface area contributed by atoms with Crippen molar-refractivity contribution in [2.75, 3.05) is 32.7 Å². The second kappa shape index (κ2) is 7.59. The Kier molecular flexibility index (Phi) is 6.42. The first kappa shape index (κ1) is 16.9. The van der Waals surface area contributed by atoms with Crippen LogP contribution in [-0.4, -0.2) is 55.1 Å². The number of likely N-dealkylation sites (tertiary alicyclic amines) is 1. The predicted molar refractivity (Wildman–Crippen MR) is 77.1 cm³/mol. The van der Waals surface area contributed by atoms with Crippen LogP contribution in [-0.2, 0) is 14.3 Å². The number of piperidine rings is 1. The molecule has 0 aromatic heterocycles. The summed E-state index contributed by atoms with van der Waals surface area (Å²) in [5, 5.41) is 2.81. The number of carbonyl (C=O) groups excluding carboxylic acids is 2. The second-order valence-corrected chi connectivity index (χ2v) is 6.24. The SMILES string of the molecule is CC(C)(C)OC(=O)CN1CCCC(C(=O)NCCN)C1. The summed E-state index contributed by atoms with van der Waals surface area (Å²) < 4.78 is 5.30. The predicted octanol–water partition coefficient (Wildman–Crippen LogP) is 0.115. The van der Waals surface area contributed by atoms with Gasteiger partial charge in [0.15, 0.2) is 0 Å². The van der Waals surface area contributed by atoms with Crippen LogP contribution in [0.3, 0.4) is 0 Å². The molecule has 1 fully saturated rings. The fourth-order valence-electron chi connectivity index (χ4n) is 2.31. The van der Waals surface area contributed by atoms with E-state index in [1.807, 2.05) is 25.7 Å². The van der Waals surface area contributed by atoms with Crippen molar-refractivity contribution >= 4 is 11.9 Å². The van der Waals surface area contributed by atoms with Crippen molar-refractivity contribution in [3.8, 4) is 0 Å². The molecule has 1 aliphatic rings. The molecule has 0 aromatic carbocycles. The first-order valence-corrected chi connectivity index (χ1v) is 7.24. The van der Waals surface area contributed by atoms with Crippen molar-refractivity contribution in [1.82, 2.24) is 10.2 Å². The van der Waals surface area contributed by atoms with Crippen molar-refractivity contribution in [3.05, 3.63) is 0 Å². The zero-order valence-electron chi connectivity index (χ0n) is 12.8. The van der Waals surface area contributed by atoms with Crippen LogP contribution < -0.4 is 11.1 Å². The molecule has 6 heteroatoms. The highest BCUT2D eigenvalue weighted by atomic mass is 16.6. The first-order chi connectivity index (χ1) is 9.31. The lowest BCUT2D eigenvalue weighted by molar-refractivity contribution is -0.157. The first-order valence-electron chi connectivity index (χ1n) is 7.24. The van der Waals surface area contributed by atoms with Crippen LogP contribution in [0, 0.1) is 5.92 Å². The van der Waals surface area contributed by atoms with Gasteiger partial charge in [-0.15, -0.1) is 0 Å². The lowest BCUT2D eigenvalue weighted by Gasteiger charge is -2.32. The number of nitrogens with one attached hydrogen (secondary N) is 1. The van der Waals surface area contributed by atoms with E-state index in [1.54, 1.807) is 0 Å². The smallest absolute Gasteiger partial charge is 0.320 e. The zero-order valence-corrected chi connectivity index (χ0v) is 12.8. The van der Waals surface area contributed by atoms with Crippen molar-refractivity contribution in [2.24, 2.45) is 11.7 Å². The van der Waals surface area contributed by atoms with Crippen LogP contribution in [0.1, 0.15) is 33.6 Å². The molecule has 0 aromatic rings. The van der Waals surface area contributed by atoms with Gasteiger partial charge in [0.05, 0.1) is 12.5 Å². The van der Waals surface area contributed by atoms with Gasteiger partial charge in [0.1, 0.15) is 5.60 Å². The Labute approximate surface area is 121 Å². The molecular formula is C14H27N3O3. The molecule has 1 heterocycles. The van der Waals surface area contributed by atoms with E-state index < -0.39 is 5.60 Å². The van der Waals surface area contributed by atoms with E-state index in [9.17, 15) is 9.59 Å². The van der Waals surface area contributed by atoms with E-state index >= 15 is 0 Å². The molecular weight excluding hydrogens is 258 g/mol. The quantitative estimate of drug-likeness (QED) is 0.701. The van der Waals surface area contributed by atoms with Gasteiger partial charge in [-0.25, -0.2) is 0 Å². The van der Waals surface area contributed by atoms with Crippen molar-refractivity contribution in [2.45, 2.75) is 39.2 Å². The lowest BCUT2D eigenvalue weighted by Crippen LogP contribution is -2.46. The number of nitrogens with two attached hydrogens (primary N) is 1. The van der Waals surface area contributed by atoms with Gasteiger partial charge in [-0.3, -0.25) is 14.5 Å². The summed E-state index contributed by atoms with van der Waals surface area (Å²) in [6, 6.07) is 0. The van der Waals surface area contributed by atoms with Crippen LogP contribution in [0.5, 0.6) is 0 Å². The summed E-state index contributed by atoms with van der Waals surface area (Å²) in [5.74, 6) is -0.261. The lowest BCUT2D eigenvalue weighted by atomic mass is 9.97. The molecule has 6 nitrogen and oxygen atoms in total. The fourth-order valence-corrected chi connectivity index (χ4v) is 2.31.